The Morgan fingerprint density at radius 3 is 2.00 bits per heavy atom. The Morgan fingerprint density at radius 2 is 1.53 bits per heavy atom. The molecule has 4 atom stereocenters. The SMILES string of the molecule is CCCC(C)CC(CC)CC(CNC)C(C)CCC. The van der Waals surface area contributed by atoms with Crippen molar-refractivity contribution in [2.24, 2.45) is 23.7 Å². The highest BCUT2D eigenvalue weighted by atomic mass is 14.8. The first kappa shape index (κ1) is 19.0. The van der Waals surface area contributed by atoms with Crippen LogP contribution in [0.15, 0.2) is 0 Å². The van der Waals surface area contributed by atoms with Crippen LogP contribution in [0.2, 0.25) is 0 Å². The summed E-state index contributed by atoms with van der Waals surface area (Å²) in [6.45, 7) is 13.1. The van der Waals surface area contributed by atoms with Crippen molar-refractivity contribution in [3.8, 4) is 0 Å². The maximum absolute atomic E-state index is 3.42. The van der Waals surface area contributed by atoms with Crippen LogP contribution in [0.25, 0.3) is 0 Å². The fourth-order valence-electron chi connectivity index (χ4n) is 3.51. The first-order valence-corrected chi connectivity index (χ1v) is 8.73. The van der Waals surface area contributed by atoms with Crippen LogP contribution in [0.4, 0.5) is 0 Å². The van der Waals surface area contributed by atoms with Crippen LogP contribution in [0.1, 0.15) is 79.6 Å². The van der Waals surface area contributed by atoms with E-state index in [1.54, 1.807) is 0 Å². The number of hydrogen-bond acceptors (Lipinski definition) is 1. The summed E-state index contributed by atoms with van der Waals surface area (Å²) in [5, 5.41) is 3.42. The lowest BCUT2D eigenvalue weighted by Gasteiger charge is -2.29. The van der Waals surface area contributed by atoms with Crippen LogP contribution < -0.4 is 5.32 Å². The maximum atomic E-state index is 3.42. The van der Waals surface area contributed by atoms with Crippen LogP contribution in [0.3, 0.4) is 0 Å². The zero-order chi connectivity index (χ0) is 14.7. The smallest absolute Gasteiger partial charge is 0.00209 e. The summed E-state index contributed by atoms with van der Waals surface area (Å²) >= 11 is 0. The Balaban J connectivity index is 4.33. The molecular formula is C18H39N. The van der Waals surface area contributed by atoms with Crippen molar-refractivity contribution in [2.45, 2.75) is 79.6 Å². The van der Waals surface area contributed by atoms with E-state index in [-0.39, 0.29) is 0 Å². The van der Waals surface area contributed by atoms with E-state index in [1.165, 1.54) is 51.5 Å². The van der Waals surface area contributed by atoms with Gasteiger partial charge in [0.1, 0.15) is 0 Å². The molecule has 0 aliphatic carbocycles. The van der Waals surface area contributed by atoms with Crippen molar-refractivity contribution in [2.75, 3.05) is 13.6 Å². The lowest BCUT2D eigenvalue weighted by atomic mass is 9.79. The molecule has 0 radical (unpaired) electrons. The minimum atomic E-state index is 0.865. The molecule has 0 aromatic heterocycles. The summed E-state index contributed by atoms with van der Waals surface area (Å²) < 4.78 is 0. The summed E-state index contributed by atoms with van der Waals surface area (Å²) in [7, 11) is 2.10. The molecule has 0 aliphatic heterocycles. The van der Waals surface area contributed by atoms with Crippen molar-refractivity contribution >= 4 is 0 Å². The van der Waals surface area contributed by atoms with Gasteiger partial charge in [0, 0.05) is 0 Å². The molecule has 0 amide bonds. The second-order valence-corrected chi connectivity index (χ2v) is 6.72. The topological polar surface area (TPSA) is 12.0 Å². The van der Waals surface area contributed by atoms with Crippen molar-refractivity contribution in [3.05, 3.63) is 0 Å². The molecule has 0 spiro atoms. The summed E-state index contributed by atoms with van der Waals surface area (Å²) in [6, 6.07) is 0. The predicted octanol–water partition coefficient (Wildman–Crippen LogP) is 5.50. The average molecular weight is 270 g/mol. The van der Waals surface area contributed by atoms with Gasteiger partial charge in [0.25, 0.3) is 0 Å². The second kappa shape index (κ2) is 11.8. The van der Waals surface area contributed by atoms with Gasteiger partial charge in [-0.15, -0.1) is 0 Å². The average Bonchev–Trinajstić information content (AvgIpc) is 2.37. The molecule has 0 bridgehead atoms. The van der Waals surface area contributed by atoms with E-state index >= 15 is 0 Å². The molecule has 0 aromatic carbocycles. The monoisotopic (exact) mass is 269 g/mol. The van der Waals surface area contributed by atoms with E-state index in [9.17, 15) is 0 Å². The van der Waals surface area contributed by atoms with E-state index in [1.807, 2.05) is 0 Å². The van der Waals surface area contributed by atoms with Gasteiger partial charge in [-0.2, -0.15) is 0 Å². The van der Waals surface area contributed by atoms with Gasteiger partial charge in [-0.25, -0.2) is 0 Å². The van der Waals surface area contributed by atoms with Crippen molar-refractivity contribution in [3.63, 3.8) is 0 Å². The van der Waals surface area contributed by atoms with Crippen molar-refractivity contribution in [1.29, 1.82) is 0 Å². The fourth-order valence-corrected chi connectivity index (χ4v) is 3.51. The van der Waals surface area contributed by atoms with Crippen LogP contribution >= 0.6 is 0 Å². The van der Waals surface area contributed by atoms with Crippen molar-refractivity contribution < 1.29 is 0 Å². The predicted molar refractivity (Wildman–Crippen MR) is 88.6 cm³/mol. The number of rotatable bonds is 12. The highest BCUT2D eigenvalue weighted by Gasteiger charge is 2.21. The Morgan fingerprint density at radius 1 is 0.895 bits per heavy atom. The molecule has 116 valence electrons. The highest BCUT2D eigenvalue weighted by Crippen LogP contribution is 2.30. The molecule has 0 fully saturated rings. The van der Waals surface area contributed by atoms with E-state index in [0.29, 0.717) is 0 Å². The van der Waals surface area contributed by atoms with Crippen LogP contribution in [-0.4, -0.2) is 13.6 Å². The van der Waals surface area contributed by atoms with Gasteiger partial charge < -0.3 is 5.32 Å². The van der Waals surface area contributed by atoms with Crippen LogP contribution in [0, 0.1) is 23.7 Å². The molecule has 1 N–H and O–H groups in total. The number of nitrogens with one attached hydrogen (secondary N) is 1. The summed E-state index contributed by atoms with van der Waals surface area (Å²) in [4.78, 5) is 0. The molecule has 0 saturated carbocycles. The third-order valence-corrected chi connectivity index (χ3v) is 4.75. The maximum Gasteiger partial charge on any atom is -0.00209 e. The Labute approximate surface area is 122 Å². The first-order valence-electron chi connectivity index (χ1n) is 8.73. The Bertz CT molecular complexity index is 190. The largest absolute Gasteiger partial charge is 0.319 e. The number of hydrogen-bond donors (Lipinski definition) is 1. The zero-order valence-electron chi connectivity index (χ0n) is 14.5. The molecule has 19 heavy (non-hydrogen) atoms. The fraction of sp³-hybridized carbons (Fsp3) is 1.00. The first-order chi connectivity index (χ1) is 9.08. The molecule has 0 rings (SSSR count). The van der Waals surface area contributed by atoms with Gasteiger partial charge in [0.15, 0.2) is 0 Å². The van der Waals surface area contributed by atoms with Gasteiger partial charge in [-0.1, -0.05) is 66.7 Å². The second-order valence-electron chi connectivity index (χ2n) is 6.72. The molecule has 0 aromatic rings. The molecule has 0 aliphatic rings. The van der Waals surface area contributed by atoms with Crippen LogP contribution in [-0.2, 0) is 0 Å². The van der Waals surface area contributed by atoms with Gasteiger partial charge in [0.2, 0.25) is 0 Å². The van der Waals surface area contributed by atoms with E-state index in [4.69, 9.17) is 0 Å². The van der Waals surface area contributed by atoms with E-state index in [0.717, 1.165) is 23.7 Å². The minimum absolute atomic E-state index is 0.865. The standard InChI is InChI=1S/C18H39N/c1-7-10-15(4)12-17(9-3)13-18(14-19-6)16(5)11-8-2/h15-19H,7-14H2,1-6H3. The third kappa shape index (κ3) is 8.68. The highest BCUT2D eigenvalue weighted by molar-refractivity contribution is 4.73. The van der Waals surface area contributed by atoms with E-state index < -0.39 is 0 Å². The zero-order valence-corrected chi connectivity index (χ0v) is 14.5. The Kier molecular flexibility index (Phi) is 11.7. The summed E-state index contributed by atoms with van der Waals surface area (Å²) in [6.07, 6.45) is 9.66. The van der Waals surface area contributed by atoms with Crippen LogP contribution in [0.5, 0.6) is 0 Å². The van der Waals surface area contributed by atoms with E-state index in [2.05, 4.69) is 47.0 Å². The Hall–Kier alpha value is -0.0400. The lowest BCUT2D eigenvalue weighted by Crippen LogP contribution is -2.27. The molecule has 1 heteroatoms. The molecule has 4 unspecified atom stereocenters. The third-order valence-electron chi connectivity index (χ3n) is 4.75. The molecule has 0 saturated heterocycles. The van der Waals surface area contributed by atoms with Gasteiger partial charge in [0.05, 0.1) is 0 Å². The van der Waals surface area contributed by atoms with Gasteiger partial charge >= 0.3 is 0 Å². The van der Waals surface area contributed by atoms with Gasteiger partial charge in [-0.3, -0.25) is 0 Å². The summed E-state index contributed by atoms with van der Waals surface area (Å²) in [5.74, 6) is 3.57. The van der Waals surface area contributed by atoms with Gasteiger partial charge in [-0.05, 0) is 50.1 Å². The summed E-state index contributed by atoms with van der Waals surface area (Å²) in [5.41, 5.74) is 0. The quantitative estimate of drug-likeness (QED) is 0.493. The molecular weight excluding hydrogens is 230 g/mol. The van der Waals surface area contributed by atoms with Crippen molar-refractivity contribution in [1.82, 2.24) is 5.32 Å². The molecule has 1 nitrogen and oxygen atoms in total. The minimum Gasteiger partial charge on any atom is -0.319 e. The molecule has 0 heterocycles. The normalized spacial score (nSPS) is 18.0. The lowest BCUT2D eigenvalue weighted by molar-refractivity contribution is 0.234.